The topological polar surface area (TPSA) is 181 Å². The highest BCUT2D eigenvalue weighted by molar-refractivity contribution is 5.96. The van der Waals surface area contributed by atoms with E-state index in [-0.39, 0.29) is 70.8 Å². The van der Waals surface area contributed by atoms with Gasteiger partial charge in [0.05, 0.1) is 54.2 Å². The van der Waals surface area contributed by atoms with E-state index >= 15 is 0 Å². The fourth-order valence-electron chi connectivity index (χ4n) is 24.2. The van der Waals surface area contributed by atoms with Gasteiger partial charge >= 0.3 is 0 Å². The van der Waals surface area contributed by atoms with Crippen LogP contribution in [0.25, 0.3) is 21.9 Å². The van der Waals surface area contributed by atoms with Crippen molar-refractivity contribution in [2.75, 3.05) is 33.5 Å². The molecule has 9 fully saturated rings. The monoisotopic (exact) mass is 1260 g/mol. The van der Waals surface area contributed by atoms with Gasteiger partial charge in [0.25, 0.3) is 0 Å². The molecule has 490 valence electrons. The lowest BCUT2D eigenvalue weighted by atomic mass is 9.54. The van der Waals surface area contributed by atoms with Crippen molar-refractivity contribution in [1.29, 1.82) is 0 Å². The lowest BCUT2D eigenvalue weighted by molar-refractivity contribution is -0.211. The maximum atomic E-state index is 13.9. The van der Waals surface area contributed by atoms with Crippen LogP contribution in [0.4, 0.5) is 0 Å². The molecule has 10 aliphatic carbocycles. The average Bonchev–Trinajstić information content (AvgIpc) is 1.53. The number of hydrogen-bond acceptors (Lipinski definition) is 13. The van der Waals surface area contributed by atoms with Gasteiger partial charge in [-0.05, 0) is 245 Å². The predicted molar refractivity (Wildman–Crippen MR) is 354 cm³/mol. The Morgan fingerprint density at radius 2 is 1.62 bits per heavy atom. The molecule has 0 radical (unpaired) electrons. The second kappa shape index (κ2) is 22.3. The van der Waals surface area contributed by atoms with Crippen molar-refractivity contribution in [3.8, 4) is 63.2 Å². The number of aliphatic hydroxyl groups is 2. The summed E-state index contributed by atoms with van der Waals surface area (Å²) in [5.74, 6) is 11.6. The summed E-state index contributed by atoms with van der Waals surface area (Å²) in [7, 11) is 1.74. The largest absolute Gasteiger partial charge is 0.508 e. The molecule has 4 aliphatic heterocycles. The van der Waals surface area contributed by atoms with Crippen LogP contribution in [0, 0.1) is 81.3 Å². The van der Waals surface area contributed by atoms with Gasteiger partial charge in [-0.15, -0.1) is 0 Å². The van der Waals surface area contributed by atoms with Gasteiger partial charge in [0, 0.05) is 77.8 Å². The lowest BCUT2D eigenvalue weighted by Gasteiger charge is -2.65. The molecule has 18 atom stereocenters. The first-order valence-electron chi connectivity index (χ1n) is 36.2. The zero-order valence-corrected chi connectivity index (χ0v) is 54.3. The molecule has 13 nitrogen and oxygen atoms in total. The number of nitrogens with one attached hydrogen (secondary N) is 2. The first-order chi connectivity index (χ1) is 45.3. The third kappa shape index (κ3) is 8.98. The van der Waals surface area contributed by atoms with E-state index in [1.54, 1.807) is 31.4 Å². The van der Waals surface area contributed by atoms with Crippen LogP contribution in [0.2, 0.25) is 0 Å². The molecule has 0 aromatic heterocycles. The molecule has 5 spiro atoms. The molecular formula is C80H94N2O11. The van der Waals surface area contributed by atoms with Crippen LogP contribution < -0.4 is 29.6 Å². The Labute approximate surface area is 547 Å². The van der Waals surface area contributed by atoms with Crippen molar-refractivity contribution >= 4 is 10.8 Å². The summed E-state index contributed by atoms with van der Waals surface area (Å²) in [6.45, 7) is 3.49. The number of rotatable bonds is 11. The van der Waals surface area contributed by atoms with Crippen molar-refractivity contribution in [2.24, 2.45) is 69.5 Å². The maximum Gasteiger partial charge on any atom is 0.149 e. The Morgan fingerprint density at radius 1 is 0.763 bits per heavy atom. The molecule has 93 heavy (non-hydrogen) atoms. The quantitative estimate of drug-likeness (QED) is 0.0378. The summed E-state index contributed by atoms with van der Waals surface area (Å²) in [5, 5.41) is 71.2. The Balaban J connectivity index is 0.795. The van der Waals surface area contributed by atoms with E-state index in [9.17, 15) is 25.5 Å². The van der Waals surface area contributed by atoms with E-state index in [0.717, 1.165) is 88.6 Å². The zero-order valence-electron chi connectivity index (χ0n) is 54.3. The van der Waals surface area contributed by atoms with Gasteiger partial charge < -0.3 is 54.0 Å². The molecule has 4 heterocycles. The molecule has 6 bridgehead atoms. The van der Waals surface area contributed by atoms with Gasteiger partial charge in [-0.1, -0.05) is 55.9 Å². The second-order valence-corrected chi connectivity index (χ2v) is 31.8. The first kappa shape index (κ1) is 59.5. The number of hydrogen-bond donors (Lipinski definition) is 7. The summed E-state index contributed by atoms with van der Waals surface area (Å²) in [4.78, 5) is 0. The Morgan fingerprint density at radius 3 is 2.46 bits per heavy atom. The second-order valence-electron chi connectivity index (χ2n) is 31.8. The number of phenolic OH excluding ortho intramolecular Hbond substituents is 3. The Kier molecular flexibility index (Phi) is 14.3. The summed E-state index contributed by atoms with van der Waals surface area (Å²) in [6, 6.07) is 22.7. The summed E-state index contributed by atoms with van der Waals surface area (Å²) in [6.07, 6.45) is 25.4. The van der Waals surface area contributed by atoms with Crippen molar-refractivity contribution in [2.45, 2.75) is 196 Å². The fraction of sp³-hybridized carbons (Fsp3) is 0.600. The third-order valence-corrected chi connectivity index (χ3v) is 27.8. The van der Waals surface area contributed by atoms with Crippen LogP contribution in [-0.4, -0.2) is 94.6 Å². The van der Waals surface area contributed by atoms with E-state index in [4.69, 9.17) is 33.7 Å². The normalized spacial score (nSPS) is 38.5. The number of aliphatic hydroxyl groups excluding tert-OH is 2. The van der Waals surface area contributed by atoms with Gasteiger partial charge in [-0.3, -0.25) is 10.6 Å². The number of aryl methyl sites for hydroxylation is 1. The molecular weight excluding hydrogens is 1160 g/mol. The van der Waals surface area contributed by atoms with Crippen LogP contribution in [0.3, 0.4) is 0 Å². The third-order valence-electron chi connectivity index (χ3n) is 27.8. The van der Waals surface area contributed by atoms with E-state index in [1.807, 2.05) is 43.3 Å². The summed E-state index contributed by atoms with van der Waals surface area (Å²) < 4.78 is 43.2. The molecule has 0 amide bonds. The molecule has 13 heteroatoms. The molecule has 1 saturated heterocycles. The number of methoxy groups -OCH3 is 1. The van der Waals surface area contributed by atoms with Gasteiger partial charge in [0.15, 0.2) is 0 Å². The van der Waals surface area contributed by atoms with Crippen LogP contribution in [0.15, 0.2) is 84.9 Å². The minimum atomic E-state index is -1.09. The molecule has 14 aliphatic rings. The highest BCUT2D eigenvalue weighted by Crippen LogP contribution is 2.82. The van der Waals surface area contributed by atoms with Gasteiger partial charge in [-0.2, -0.15) is 0 Å². The molecule has 7 N–H and O–H groups in total. The molecule has 5 aromatic carbocycles. The van der Waals surface area contributed by atoms with Crippen LogP contribution in [0.1, 0.15) is 175 Å². The fourth-order valence-corrected chi connectivity index (χ4v) is 24.2. The van der Waals surface area contributed by atoms with Gasteiger partial charge in [0.1, 0.15) is 53.0 Å². The highest BCUT2D eigenvalue weighted by atomic mass is 16.5. The van der Waals surface area contributed by atoms with Crippen molar-refractivity contribution in [3.05, 3.63) is 113 Å². The lowest BCUT2D eigenvalue weighted by Crippen LogP contribution is -2.83. The van der Waals surface area contributed by atoms with Gasteiger partial charge in [-0.25, -0.2) is 0 Å². The van der Waals surface area contributed by atoms with Crippen molar-refractivity contribution in [3.63, 3.8) is 0 Å². The number of ether oxygens (including phenoxy) is 6. The number of phenols is 3. The van der Waals surface area contributed by atoms with Crippen LogP contribution in [-0.2, 0) is 22.3 Å². The molecule has 5 aromatic rings. The number of benzene rings is 5. The SMILES string of the molecule is CCc1cc(-c2cccc(O)c2)c(Cc2cc(OC3CCCC3)cc3c2OCC(C2C(CCCOC)Oc4c5cc(c6cc(O)ccc46)OCC#CC4CNC6(CC7(CCCC7)C78CCC9(CCC%10CCC(CC67)C%109)C8)NC46C4C=CC(C(O)C4)C6OC52)C3O)cc1O. The minimum absolute atomic E-state index is 0.0274. The van der Waals surface area contributed by atoms with Crippen LogP contribution >= 0.6 is 0 Å². The summed E-state index contributed by atoms with van der Waals surface area (Å²) in [5.41, 5.74) is 5.54. The van der Waals surface area contributed by atoms with Crippen molar-refractivity contribution < 1.29 is 54.0 Å². The van der Waals surface area contributed by atoms with Crippen molar-refractivity contribution in [1.82, 2.24) is 10.6 Å². The van der Waals surface area contributed by atoms with E-state index in [1.165, 1.54) is 77.0 Å². The van der Waals surface area contributed by atoms with E-state index in [0.29, 0.717) is 90.5 Å². The maximum absolute atomic E-state index is 13.9. The first-order valence-corrected chi connectivity index (χ1v) is 36.2. The highest BCUT2D eigenvalue weighted by Gasteiger charge is 2.78. The predicted octanol–water partition coefficient (Wildman–Crippen LogP) is 13.9. The Hall–Kier alpha value is -5.98. The number of fused-ring (bicyclic) bond motifs is 7. The zero-order chi connectivity index (χ0) is 62.8. The van der Waals surface area contributed by atoms with E-state index < -0.39 is 47.9 Å². The molecule has 8 saturated carbocycles. The standard InChI is InChI=1S/C80H94N2O11/c1-3-45-34-59(47-11-8-13-53(83)32-47)49(35-64(45)85)31-50-33-56(91-55-14-4-5-15-55)39-61-71(87)63(42-90-72(50)61)69-66(16-10-29-88-2)92-73-57-22-20-54(84)38-60(57)67-40-62(73)74(69)93-75-58-21-19-51(37-65(58)86)80(75)52(12-9-30-89-67)41-81-79(82-80)44-77(24-6-7-25-77)78-28-27-76(43-78)26-23-46-17-18-48(70(46)76)36-68(78)79/h8,11,13,19-22,32-35,38-40,46,48,51-52,55,58,63,65-66,68-71,74-75,81-87H,3-7,10,14-18,23-31,36-37,41-44H2,1-2H3. The minimum Gasteiger partial charge on any atom is -0.508 e. The average molecular weight is 1260 g/mol. The van der Waals surface area contributed by atoms with Gasteiger partial charge in [0.2, 0.25) is 0 Å². The summed E-state index contributed by atoms with van der Waals surface area (Å²) >= 11 is 0. The Bertz CT molecular complexity index is 3880. The smallest absolute Gasteiger partial charge is 0.149 e. The number of aromatic hydroxyl groups is 3. The molecule has 18 unspecified atom stereocenters. The van der Waals surface area contributed by atoms with E-state index in [2.05, 4.69) is 41.4 Å². The molecule has 19 rings (SSSR count). The van der Waals surface area contributed by atoms with Crippen LogP contribution in [0.5, 0.6) is 40.2 Å².